The number of nitrogens with zero attached hydrogens (tertiary/aromatic N) is 2. The van der Waals surface area contributed by atoms with E-state index >= 15 is 0 Å². The maximum atomic E-state index is 11.9. The van der Waals surface area contributed by atoms with Crippen LogP contribution in [0, 0.1) is 0 Å². The van der Waals surface area contributed by atoms with Gasteiger partial charge in [0.15, 0.2) is 0 Å². The van der Waals surface area contributed by atoms with E-state index in [0.29, 0.717) is 26.2 Å². The number of rotatable bonds is 21. The Morgan fingerprint density at radius 1 is 0.553 bits per heavy atom. The van der Waals surface area contributed by atoms with E-state index in [1.54, 1.807) is 0 Å². The highest BCUT2D eigenvalue weighted by atomic mass is 16.6. The Morgan fingerprint density at radius 2 is 0.842 bits per heavy atom. The topological polar surface area (TPSA) is 135 Å². The van der Waals surface area contributed by atoms with E-state index < -0.39 is 11.2 Å². The second kappa shape index (κ2) is 21.2. The number of amides is 2. The normalized spacial score (nSPS) is 12.2. The van der Waals surface area contributed by atoms with Crippen molar-refractivity contribution in [1.82, 2.24) is 20.4 Å². The Bertz CT molecular complexity index is 555. The average Bonchev–Trinajstić information content (AvgIpc) is 2.79. The van der Waals surface area contributed by atoms with Crippen molar-refractivity contribution in [2.75, 3.05) is 65.4 Å². The molecule has 2 amide bonds. The minimum absolute atomic E-state index is 0.358. The second-order valence-electron chi connectivity index (χ2n) is 11.9. The molecule has 0 aromatic heterocycles. The highest BCUT2D eigenvalue weighted by Crippen LogP contribution is 2.08. The smallest absolute Gasteiger partial charge is 0.407 e. The lowest BCUT2D eigenvalue weighted by Gasteiger charge is -2.25. The van der Waals surface area contributed by atoms with Crippen LogP contribution in [0.3, 0.4) is 0 Å². The van der Waals surface area contributed by atoms with E-state index in [0.717, 1.165) is 90.6 Å². The predicted molar refractivity (Wildman–Crippen MR) is 156 cm³/mol. The van der Waals surface area contributed by atoms with Gasteiger partial charge in [0.2, 0.25) is 0 Å². The third-order valence-corrected chi connectivity index (χ3v) is 5.69. The van der Waals surface area contributed by atoms with E-state index in [1.165, 1.54) is 0 Å². The first-order valence-electron chi connectivity index (χ1n) is 14.6. The van der Waals surface area contributed by atoms with Crippen molar-refractivity contribution >= 4 is 12.2 Å². The van der Waals surface area contributed by atoms with Crippen molar-refractivity contribution in [3.8, 4) is 0 Å². The van der Waals surface area contributed by atoms with Gasteiger partial charge in [-0.2, -0.15) is 0 Å². The number of nitrogens with two attached hydrogens (primary N) is 2. The van der Waals surface area contributed by atoms with Gasteiger partial charge < -0.3 is 41.4 Å². The molecule has 0 saturated carbocycles. The molecule has 0 spiro atoms. The van der Waals surface area contributed by atoms with Crippen molar-refractivity contribution < 1.29 is 19.1 Å². The number of carbonyl (C=O) groups is 2. The molecule has 0 aromatic carbocycles. The first-order valence-corrected chi connectivity index (χ1v) is 14.6. The van der Waals surface area contributed by atoms with Crippen LogP contribution < -0.4 is 22.1 Å². The summed E-state index contributed by atoms with van der Waals surface area (Å²) in [5.74, 6) is 0. The fraction of sp³-hybridized carbons (Fsp3) is 0.929. The third kappa shape index (κ3) is 24.7. The molecule has 0 rings (SSSR count). The van der Waals surface area contributed by atoms with Gasteiger partial charge in [0.1, 0.15) is 11.2 Å². The van der Waals surface area contributed by atoms with Crippen molar-refractivity contribution in [2.24, 2.45) is 11.5 Å². The van der Waals surface area contributed by atoms with Crippen molar-refractivity contribution in [1.29, 1.82) is 0 Å². The Hall–Kier alpha value is -1.62. The number of nitrogens with one attached hydrogen (secondary N) is 2. The Balaban J connectivity index is 4.44. The maximum absolute atomic E-state index is 11.9. The fourth-order valence-corrected chi connectivity index (χ4v) is 3.92. The standard InChI is InChI=1S/C28H60N6O4/c1-27(2,3)37-25(35)31-17-13-23-33(19-9-7-15-29)21-11-12-22-34(20-10-8-16-30)24-14-18-32-26(36)38-28(4,5)6/h7-24,29-30H2,1-6H3,(H,31,35)(H,32,36). The summed E-state index contributed by atoms with van der Waals surface area (Å²) in [7, 11) is 0. The fourth-order valence-electron chi connectivity index (χ4n) is 3.92. The minimum Gasteiger partial charge on any atom is -0.444 e. The molecular formula is C28H60N6O4. The Kier molecular flexibility index (Phi) is 20.3. The summed E-state index contributed by atoms with van der Waals surface area (Å²) in [6.07, 6.45) is 7.52. The average molecular weight is 545 g/mol. The summed E-state index contributed by atoms with van der Waals surface area (Å²) in [5.41, 5.74) is 10.4. The van der Waals surface area contributed by atoms with Gasteiger partial charge in [-0.05, 0) is 145 Å². The quantitative estimate of drug-likeness (QED) is 0.161. The van der Waals surface area contributed by atoms with E-state index in [1.807, 2.05) is 41.5 Å². The minimum atomic E-state index is -0.481. The molecule has 0 aliphatic carbocycles. The summed E-state index contributed by atoms with van der Waals surface area (Å²) >= 11 is 0. The summed E-state index contributed by atoms with van der Waals surface area (Å²) in [6, 6.07) is 0. The van der Waals surface area contributed by atoms with Crippen LogP contribution in [0.1, 0.15) is 92.9 Å². The monoisotopic (exact) mass is 544 g/mol. The van der Waals surface area contributed by atoms with Gasteiger partial charge in [-0.15, -0.1) is 0 Å². The van der Waals surface area contributed by atoms with Gasteiger partial charge in [-0.25, -0.2) is 9.59 Å². The zero-order chi connectivity index (χ0) is 28.9. The van der Waals surface area contributed by atoms with Gasteiger partial charge >= 0.3 is 12.2 Å². The highest BCUT2D eigenvalue weighted by molar-refractivity contribution is 5.67. The van der Waals surface area contributed by atoms with Crippen LogP contribution in [0.15, 0.2) is 0 Å². The van der Waals surface area contributed by atoms with Crippen LogP contribution in [-0.2, 0) is 9.47 Å². The Morgan fingerprint density at radius 3 is 1.13 bits per heavy atom. The van der Waals surface area contributed by atoms with E-state index in [4.69, 9.17) is 20.9 Å². The van der Waals surface area contributed by atoms with Crippen LogP contribution in [-0.4, -0.2) is 98.6 Å². The SMILES string of the molecule is CC(C)(C)OC(=O)NCCCN(CCCCN)CCCCN(CCCCN)CCCNC(=O)OC(C)(C)C. The summed E-state index contributed by atoms with van der Waals surface area (Å²) in [6.45, 7) is 19.9. The molecule has 0 radical (unpaired) electrons. The zero-order valence-corrected chi connectivity index (χ0v) is 25.4. The molecule has 38 heavy (non-hydrogen) atoms. The summed E-state index contributed by atoms with van der Waals surface area (Å²) < 4.78 is 10.6. The Labute approximate surface area is 232 Å². The lowest BCUT2D eigenvalue weighted by atomic mass is 10.2. The van der Waals surface area contributed by atoms with Gasteiger partial charge in [-0.3, -0.25) is 0 Å². The molecule has 226 valence electrons. The van der Waals surface area contributed by atoms with Crippen LogP contribution in [0.4, 0.5) is 9.59 Å². The van der Waals surface area contributed by atoms with Gasteiger partial charge in [-0.1, -0.05) is 0 Å². The van der Waals surface area contributed by atoms with Gasteiger partial charge in [0, 0.05) is 13.1 Å². The lowest BCUT2D eigenvalue weighted by Crippen LogP contribution is -2.35. The molecule has 0 aliphatic heterocycles. The molecule has 10 heteroatoms. The van der Waals surface area contributed by atoms with Crippen LogP contribution in [0.2, 0.25) is 0 Å². The molecule has 10 nitrogen and oxygen atoms in total. The highest BCUT2D eigenvalue weighted by Gasteiger charge is 2.16. The first kappa shape index (κ1) is 36.4. The second-order valence-corrected chi connectivity index (χ2v) is 11.9. The number of ether oxygens (including phenoxy) is 2. The number of hydrogen-bond donors (Lipinski definition) is 4. The lowest BCUT2D eigenvalue weighted by molar-refractivity contribution is 0.0513. The number of hydrogen-bond acceptors (Lipinski definition) is 8. The molecule has 0 bridgehead atoms. The molecule has 0 fully saturated rings. The molecule has 0 aromatic rings. The van der Waals surface area contributed by atoms with Crippen molar-refractivity contribution in [2.45, 2.75) is 104 Å². The number of carbonyl (C=O) groups excluding carboxylic acids is 2. The van der Waals surface area contributed by atoms with Crippen LogP contribution >= 0.6 is 0 Å². The zero-order valence-electron chi connectivity index (χ0n) is 25.4. The first-order chi connectivity index (χ1) is 17.9. The molecule has 0 heterocycles. The van der Waals surface area contributed by atoms with E-state index in [2.05, 4.69) is 20.4 Å². The van der Waals surface area contributed by atoms with E-state index in [9.17, 15) is 9.59 Å². The molecule has 0 unspecified atom stereocenters. The van der Waals surface area contributed by atoms with Crippen molar-refractivity contribution in [3.63, 3.8) is 0 Å². The summed E-state index contributed by atoms with van der Waals surface area (Å²) in [4.78, 5) is 28.7. The molecule has 0 saturated heterocycles. The summed E-state index contributed by atoms with van der Waals surface area (Å²) in [5, 5.41) is 5.71. The van der Waals surface area contributed by atoms with Gasteiger partial charge in [0.05, 0.1) is 0 Å². The largest absolute Gasteiger partial charge is 0.444 e. The maximum Gasteiger partial charge on any atom is 0.407 e. The van der Waals surface area contributed by atoms with Crippen LogP contribution in [0.5, 0.6) is 0 Å². The third-order valence-electron chi connectivity index (χ3n) is 5.69. The molecule has 0 atom stereocenters. The van der Waals surface area contributed by atoms with Crippen LogP contribution in [0.25, 0.3) is 0 Å². The molecule has 6 N–H and O–H groups in total. The number of alkyl carbamates (subject to hydrolysis) is 2. The van der Waals surface area contributed by atoms with Gasteiger partial charge in [0.25, 0.3) is 0 Å². The number of unbranched alkanes of at least 4 members (excludes halogenated alkanes) is 3. The molecular weight excluding hydrogens is 484 g/mol. The molecule has 0 aliphatic rings. The van der Waals surface area contributed by atoms with Crippen molar-refractivity contribution in [3.05, 3.63) is 0 Å². The van der Waals surface area contributed by atoms with E-state index in [-0.39, 0.29) is 12.2 Å². The predicted octanol–water partition coefficient (Wildman–Crippen LogP) is 3.68.